The van der Waals surface area contributed by atoms with Crippen LogP contribution >= 0.6 is 11.5 Å². The van der Waals surface area contributed by atoms with E-state index in [0.717, 1.165) is 24.1 Å². The van der Waals surface area contributed by atoms with Gasteiger partial charge in [0.25, 0.3) is 0 Å². The first-order valence-corrected chi connectivity index (χ1v) is 10.6. The lowest BCUT2D eigenvalue weighted by Gasteiger charge is -2.31. The van der Waals surface area contributed by atoms with Crippen LogP contribution in [0.1, 0.15) is 50.8 Å². The van der Waals surface area contributed by atoms with Gasteiger partial charge in [0.1, 0.15) is 12.2 Å². The van der Waals surface area contributed by atoms with E-state index < -0.39 is 11.7 Å². The highest BCUT2D eigenvalue weighted by molar-refractivity contribution is 7.04. The van der Waals surface area contributed by atoms with Crippen LogP contribution in [-0.4, -0.2) is 40.2 Å². The van der Waals surface area contributed by atoms with Gasteiger partial charge in [-0.2, -0.15) is 4.37 Å². The molecule has 0 bridgehead atoms. The van der Waals surface area contributed by atoms with E-state index in [9.17, 15) is 9.59 Å². The van der Waals surface area contributed by atoms with Crippen molar-refractivity contribution in [2.45, 2.75) is 51.7 Å². The molecule has 3 rings (SSSR count). The Labute approximate surface area is 175 Å². The highest BCUT2D eigenvalue weighted by atomic mass is 32.1. The standard InChI is InChI=1S/C21H27N3O4S/c1-21(2,3)28-19(25)22-17-14-29-23-18(17)16-10-7-11-24(12-16)20(26)27-13-15-8-5-4-6-9-15/h4-6,8-9,14,16H,7,10-13H2,1-3H3,(H,22,25). The molecule has 0 aliphatic carbocycles. The number of ether oxygens (including phenoxy) is 2. The number of nitrogens with one attached hydrogen (secondary N) is 1. The zero-order valence-electron chi connectivity index (χ0n) is 17.0. The predicted octanol–water partition coefficient (Wildman–Crippen LogP) is 5.01. The molecule has 0 spiro atoms. The third-order valence-electron chi connectivity index (χ3n) is 4.50. The number of carbonyl (C=O) groups is 2. The summed E-state index contributed by atoms with van der Waals surface area (Å²) in [6, 6.07) is 9.62. The molecule has 0 radical (unpaired) electrons. The SMILES string of the molecule is CC(C)(C)OC(=O)Nc1csnc1C1CCCN(C(=O)OCc2ccccc2)C1. The van der Waals surface area contributed by atoms with Crippen molar-refractivity contribution in [3.63, 3.8) is 0 Å². The highest BCUT2D eigenvalue weighted by Crippen LogP contribution is 2.32. The molecule has 0 saturated carbocycles. The van der Waals surface area contributed by atoms with Gasteiger partial charge in [0.05, 0.1) is 11.4 Å². The molecule has 1 saturated heterocycles. The number of likely N-dealkylation sites (tertiary alicyclic amines) is 1. The number of rotatable bonds is 4. The molecule has 1 aliphatic rings. The van der Waals surface area contributed by atoms with E-state index >= 15 is 0 Å². The van der Waals surface area contributed by atoms with Gasteiger partial charge in [-0.3, -0.25) is 5.32 Å². The maximum absolute atomic E-state index is 12.5. The number of aromatic nitrogens is 1. The monoisotopic (exact) mass is 417 g/mol. The molecule has 1 aromatic carbocycles. The van der Waals surface area contributed by atoms with E-state index in [1.807, 2.05) is 51.1 Å². The molecule has 1 atom stereocenters. The molecule has 2 amide bonds. The molecule has 2 heterocycles. The molecule has 29 heavy (non-hydrogen) atoms. The maximum atomic E-state index is 12.5. The van der Waals surface area contributed by atoms with Gasteiger partial charge < -0.3 is 14.4 Å². The van der Waals surface area contributed by atoms with Crippen molar-refractivity contribution in [3.05, 3.63) is 47.0 Å². The minimum absolute atomic E-state index is 0.0456. The lowest BCUT2D eigenvalue weighted by molar-refractivity contribution is 0.0634. The zero-order chi connectivity index (χ0) is 20.9. The first-order chi connectivity index (χ1) is 13.8. The van der Waals surface area contributed by atoms with Gasteiger partial charge >= 0.3 is 12.2 Å². The van der Waals surface area contributed by atoms with Crippen molar-refractivity contribution >= 4 is 29.4 Å². The third-order valence-corrected chi connectivity index (χ3v) is 5.15. The van der Waals surface area contributed by atoms with Gasteiger partial charge in [-0.1, -0.05) is 30.3 Å². The van der Waals surface area contributed by atoms with Crippen LogP contribution in [0.2, 0.25) is 0 Å². The van der Waals surface area contributed by atoms with Gasteiger partial charge in [-0.25, -0.2) is 9.59 Å². The number of amides is 2. The van der Waals surface area contributed by atoms with Crippen LogP contribution in [0.3, 0.4) is 0 Å². The van der Waals surface area contributed by atoms with Crippen LogP contribution in [0.5, 0.6) is 0 Å². The maximum Gasteiger partial charge on any atom is 0.412 e. The van der Waals surface area contributed by atoms with Crippen LogP contribution < -0.4 is 5.32 Å². The molecule has 1 aromatic heterocycles. The van der Waals surface area contributed by atoms with Crippen LogP contribution in [0.15, 0.2) is 35.7 Å². The normalized spacial score (nSPS) is 16.9. The molecule has 8 heteroatoms. The minimum Gasteiger partial charge on any atom is -0.445 e. The van der Waals surface area contributed by atoms with Gasteiger partial charge in [-0.05, 0) is 50.7 Å². The Bertz CT molecular complexity index is 832. The summed E-state index contributed by atoms with van der Waals surface area (Å²) < 4.78 is 15.3. The summed E-state index contributed by atoms with van der Waals surface area (Å²) in [5.41, 5.74) is 1.82. The zero-order valence-corrected chi connectivity index (χ0v) is 17.8. The van der Waals surface area contributed by atoms with Crippen LogP contribution in [0.4, 0.5) is 15.3 Å². The van der Waals surface area contributed by atoms with Crippen molar-refractivity contribution in [2.24, 2.45) is 0 Å². The molecule has 1 fully saturated rings. The molecular formula is C21H27N3O4S. The van der Waals surface area contributed by atoms with Gasteiger partial charge in [0.15, 0.2) is 0 Å². The van der Waals surface area contributed by atoms with Crippen molar-refractivity contribution in [2.75, 3.05) is 18.4 Å². The van der Waals surface area contributed by atoms with Crippen molar-refractivity contribution in [1.29, 1.82) is 0 Å². The van der Waals surface area contributed by atoms with Gasteiger partial charge in [-0.15, -0.1) is 0 Å². The Hall–Kier alpha value is -2.61. The van der Waals surface area contributed by atoms with Crippen LogP contribution in [0.25, 0.3) is 0 Å². The molecule has 7 nitrogen and oxygen atoms in total. The average Bonchev–Trinajstić information content (AvgIpc) is 3.13. The van der Waals surface area contributed by atoms with E-state index in [4.69, 9.17) is 9.47 Å². The van der Waals surface area contributed by atoms with E-state index in [-0.39, 0.29) is 18.6 Å². The summed E-state index contributed by atoms with van der Waals surface area (Å²) in [4.78, 5) is 26.3. The Kier molecular flexibility index (Phi) is 6.74. The van der Waals surface area contributed by atoms with Gasteiger partial charge in [0.2, 0.25) is 0 Å². The van der Waals surface area contributed by atoms with Crippen molar-refractivity contribution < 1.29 is 19.1 Å². The number of hydrogen-bond acceptors (Lipinski definition) is 6. The summed E-state index contributed by atoms with van der Waals surface area (Å²) in [5, 5.41) is 4.58. The van der Waals surface area contributed by atoms with Crippen LogP contribution in [-0.2, 0) is 16.1 Å². The minimum atomic E-state index is -0.572. The molecule has 2 aromatic rings. The molecule has 1 aliphatic heterocycles. The number of nitrogens with zero attached hydrogens (tertiary/aromatic N) is 2. The second kappa shape index (κ2) is 9.26. The lowest BCUT2D eigenvalue weighted by atomic mass is 9.94. The molecular weight excluding hydrogens is 390 g/mol. The van der Waals surface area contributed by atoms with Gasteiger partial charge in [0, 0.05) is 24.4 Å². The summed E-state index contributed by atoms with van der Waals surface area (Å²) >= 11 is 1.28. The second-order valence-corrected chi connectivity index (χ2v) is 8.69. The lowest BCUT2D eigenvalue weighted by Crippen LogP contribution is -2.39. The van der Waals surface area contributed by atoms with Crippen molar-refractivity contribution in [3.8, 4) is 0 Å². The second-order valence-electron chi connectivity index (χ2n) is 8.07. The first-order valence-electron chi connectivity index (χ1n) is 9.72. The van der Waals surface area contributed by atoms with Crippen molar-refractivity contribution in [1.82, 2.24) is 9.27 Å². The number of piperidine rings is 1. The fourth-order valence-electron chi connectivity index (χ4n) is 3.22. The molecule has 156 valence electrons. The summed E-state index contributed by atoms with van der Waals surface area (Å²) in [7, 11) is 0. The largest absolute Gasteiger partial charge is 0.445 e. The molecule has 1 N–H and O–H groups in total. The number of carbonyl (C=O) groups excluding carboxylic acids is 2. The topological polar surface area (TPSA) is 80.8 Å². The number of anilines is 1. The fraction of sp³-hybridized carbons (Fsp3) is 0.476. The fourth-order valence-corrected chi connectivity index (χ4v) is 3.92. The first kappa shape index (κ1) is 21.1. The summed E-state index contributed by atoms with van der Waals surface area (Å²) in [6.07, 6.45) is 0.924. The predicted molar refractivity (Wildman–Crippen MR) is 112 cm³/mol. The Morgan fingerprint density at radius 2 is 2.03 bits per heavy atom. The third kappa shape index (κ3) is 6.19. The summed E-state index contributed by atoms with van der Waals surface area (Å²) in [6.45, 7) is 6.88. The number of benzene rings is 1. The highest BCUT2D eigenvalue weighted by Gasteiger charge is 2.29. The van der Waals surface area contributed by atoms with E-state index in [1.165, 1.54) is 11.5 Å². The average molecular weight is 418 g/mol. The number of hydrogen-bond donors (Lipinski definition) is 1. The summed E-state index contributed by atoms with van der Waals surface area (Å²) in [5.74, 6) is 0.0456. The Morgan fingerprint density at radius 1 is 1.28 bits per heavy atom. The Morgan fingerprint density at radius 3 is 2.76 bits per heavy atom. The smallest absolute Gasteiger partial charge is 0.412 e. The molecule has 1 unspecified atom stereocenters. The van der Waals surface area contributed by atoms with Crippen LogP contribution in [0, 0.1) is 0 Å². The Balaban J connectivity index is 1.59. The van der Waals surface area contributed by atoms with E-state index in [2.05, 4.69) is 9.69 Å². The van der Waals surface area contributed by atoms with E-state index in [1.54, 1.807) is 10.3 Å². The van der Waals surface area contributed by atoms with E-state index in [0.29, 0.717) is 18.8 Å². The quantitative estimate of drug-likeness (QED) is 0.757.